The molecule has 0 aliphatic rings. The first-order valence-corrected chi connectivity index (χ1v) is 9.97. The first-order valence-electron chi connectivity index (χ1n) is 8.42. The first kappa shape index (κ1) is 21.2. The number of halogens is 3. The van der Waals surface area contributed by atoms with Crippen molar-refractivity contribution in [2.24, 2.45) is 5.10 Å². The number of rotatable bonds is 7. The van der Waals surface area contributed by atoms with Crippen LogP contribution in [0, 0.1) is 0 Å². The molecule has 0 aliphatic heterocycles. The maximum Gasteiger partial charge on any atom is 0.323 e. The van der Waals surface area contributed by atoms with Crippen molar-refractivity contribution in [3.8, 4) is 11.5 Å². The van der Waals surface area contributed by atoms with Gasteiger partial charge in [0.15, 0.2) is 0 Å². The van der Waals surface area contributed by atoms with Crippen LogP contribution in [0.25, 0.3) is 0 Å². The van der Waals surface area contributed by atoms with Gasteiger partial charge in [0.25, 0.3) is 0 Å². The van der Waals surface area contributed by atoms with E-state index in [0.29, 0.717) is 21.5 Å². The molecule has 1 amide bonds. The van der Waals surface area contributed by atoms with E-state index in [0.717, 1.165) is 10.0 Å². The third-order valence-electron chi connectivity index (χ3n) is 3.56. The van der Waals surface area contributed by atoms with Gasteiger partial charge in [-0.3, -0.25) is 4.79 Å². The Bertz CT molecular complexity index is 948. The zero-order valence-corrected chi connectivity index (χ0v) is 18.0. The Morgan fingerprint density at radius 3 is 2.00 bits per heavy atom. The van der Waals surface area contributed by atoms with Crippen molar-refractivity contribution in [2.45, 2.75) is 6.29 Å². The highest BCUT2D eigenvalue weighted by atomic mass is 79.9. The van der Waals surface area contributed by atoms with Crippen molar-refractivity contribution in [3.63, 3.8) is 0 Å². The number of hydrogen-bond donors (Lipinski definition) is 1. The molecule has 148 valence electrons. The molecule has 1 N–H and O–H groups in total. The minimum absolute atomic E-state index is 0.416. The number of amides is 1. The molecule has 3 aromatic rings. The van der Waals surface area contributed by atoms with Crippen molar-refractivity contribution < 1.29 is 14.3 Å². The summed E-state index contributed by atoms with van der Waals surface area (Å²) in [6.07, 6.45) is 0.238. The first-order chi connectivity index (χ1) is 14.0. The van der Waals surface area contributed by atoms with Gasteiger partial charge in [0.1, 0.15) is 11.5 Å². The van der Waals surface area contributed by atoms with E-state index < -0.39 is 12.2 Å². The molecule has 0 fully saturated rings. The van der Waals surface area contributed by atoms with E-state index in [1.165, 1.54) is 6.21 Å². The van der Waals surface area contributed by atoms with Crippen LogP contribution in [0.2, 0.25) is 10.0 Å². The highest BCUT2D eigenvalue weighted by molar-refractivity contribution is 9.10. The number of hydrogen-bond acceptors (Lipinski definition) is 4. The molecule has 0 spiro atoms. The Labute approximate surface area is 186 Å². The van der Waals surface area contributed by atoms with Gasteiger partial charge in [-0.25, -0.2) is 5.43 Å². The summed E-state index contributed by atoms with van der Waals surface area (Å²) in [4.78, 5) is 12.6. The van der Waals surface area contributed by atoms with Gasteiger partial charge in [0, 0.05) is 14.5 Å². The van der Waals surface area contributed by atoms with Crippen molar-refractivity contribution >= 4 is 51.3 Å². The third kappa shape index (κ3) is 6.78. The lowest BCUT2D eigenvalue weighted by Gasteiger charge is -2.19. The highest BCUT2D eigenvalue weighted by Crippen LogP contribution is 2.20. The number of nitrogens with zero attached hydrogens (tertiary/aromatic N) is 1. The number of carbonyl (C=O) groups excluding carboxylic acids is 1. The minimum atomic E-state index is -1.28. The van der Waals surface area contributed by atoms with E-state index in [1.54, 1.807) is 48.5 Å². The van der Waals surface area contributed by atoms with Crippen LogP contribution in [0.4, 0.5) is 0 Å². The summed E-state index contributed by atoms with van der Waals surface area (Å²) in [6, 6.07) is 20.6. The molecule has 0 radical (unpaired) electrons. The number of benzene rings is 3. The molecule has 0 aliphatic carbocycles. The Hall–Kier alpha value is -2.54. The van der Waals surface area contributed by atoms with Gasteiger partial charge in [0.05, 0.1) is 6.21 Å². The summed E-state index contributed by atoms with van der Waals surface area (Å²) in [5, 5.41) is 5.07. The van der Waals surface area contributed by atoms with E-state index >= 15 is 0 Å². The second kappa shape index (κ2) is 10.3. The molecule has 0 aromatic heterocycles. The number of nitrogens with one attached hydrogen (secondary N) is 1. The Balaban J connectivity index is 1.72. The van der Waals surface area contributed by atoms with E-state index in [4.69, 9.17) is 32.7 Å². The van der Waals surface area contributed by atoms with Crippen LogP contribution in [-0.2, 0) is 4.79 Å². The average molecular weight is 494 g/mol. The fourth-order valence-electron chi connectivity index (χ4n) is 2.21. The van der Waals surface area contributed by atoms with Crippen LogP contribution in [0.15, 0.2) is 82.4 Å². The van der Waals surface area contributed by atoms with Gasteiger partial charge in [-0.1, -0.05) is 51.3 Å². The van der Waals surface area contributed by atoms with Crippen LogP contribution in [-0.4, -0.2) is 18.4 Å². The van der Waals surface area contributed by atoms with Crippen LogP contribution in [0.1, 0.15) is 5.56 Å². The SMILES string of the molecule is O=C(N/N=C/c1cccc(Br)c1)C(Oc1ccc(Cl)cc1)Oc1ccc(Cl)cc1. The van der Waals surface area contributed by atoms with Crippen molar-refractivity contribution in [1.82, 2.24) is 5.43 Å². The molecule has 5 nitrogen and oxygen atoms in total. The fourth-order valence-corrected chi connectivity index (χ4v) is 2.88. The molecular weight excluding hydrogens is 479 g/mol. The lowest BCUT2D eigenvalue weighted by atomic mass is 10.2. The molecule has 3 aromatic carbocycles. The average Bonchev–Trinajstić information content (AvgIpc) is 2.71. The van der Waals surface area contributed by atoms with Crippen molar-refractivity contribution in [3.05, 3.63) is 92.9 Å². The van der Waals surface area contributed by atoms with Crippen LogP contribution < -0.4 is 14.9 Å². The summed E-state index contributed by atoms with van der Waals surface area (Å²) >= 11 is 15.2. The molecule has 0 saturated carbocycles. The zero-order chi connectivity index (χ0) is 20.6. The Morgan fingerprint density at radius 2 is 1.48 bits per heavy atom. The molecule has 0 unspecified atom stereocenters. The standard InChI is InChI=1S/C21H15BrCl2N2O3/c22-15-3-1-2-14(12-15)13-25-26-20(27)21(28-18-8-4-16(23)5-9-18)29-19-10-6-17(24)7-11-19/h1-13,21H,(H,26,27)/b25-13+. The number of ether oxygens (including phenoxy) is 2. The van der Waals surface area contributed by atoms with Crippen LogP contribution in [0.3, 0.4) is 0 Å². The van der Waals surface area contributed by atoms with E-state index in [1.807, 2.05) is 24.3 Å². The molecule has 0 heterocycles. The Morgan fingerprint density at radius 1 is 0.931 bits per heavy atom. The van der Waals surface area contributed by atoms with Gasteiger partial charge in [-0.05, 0) is 66.2 Å². The summed E-state index contributed by atoms with van der Waals surface area (Å²) < 4.78 is 12.3. The molecule has 0 bridgehead atoms. The van der Waals surface area contributed by atoms with Gasteiger partial charge < -0.3 is 9.47 Å². The van der Waals surface area contributed by atoms with Crippen LogP contribution in [0.5, 0.6) is 11.5 Å². The predicted octanol–water partition coefficient (Wildman–Crippen LogP) is 5.69. The number of carbonyl (C=O) groups is 1. The second-order valence-corrected chi connectivity index (χ2v) is 7.55. The summed E-state index contributed by atoms with van der Waals surface area (Å²) in [5.41, 5.74) is 3.24. The van der Waals surface area contributed by atoms with Gasteiger partial charge in [0.2, 0.25) is 0 Å². The van der Waals surface area contributed by atoms with E-state index in [2.05, 4.69) is 26.5 Å². The zero-order valence-electron chi connectivity index (χ0n) is 14.9. The van der Waals surface area contributed by atoms with E-state index in [-0.39, 0.29) is 0 Å². The maximum absolute atomic E-state index is 12.6. The summed E-state index contributed by atoms with van der Waals surface area (Å²) in [5.74, 6) is 0.250. The molecule has 8 heteroatoms. The molecule has 29 heavy (non-hydrogen) atoms. The van der Waals surface area contributed by atoms with Crippen molar-refractivity contribution in [2.75, 3.05) is 0 Å². The molecule has 0 atom stereocenters. The van der Waals surface area contributed by atoms with E-state index in [9.17, 15) is 4.79 Å². The fraction of sp³-hybridized carbons (Fsp3) is 0.0476. The Kier molecular flexibility index (Phi) is 7.52. The molecule has 3 rings (SSSR count). The van der Waals surface area contributed by atoms with Gasteiger partial charge in [-0.15, -0.1) is 0 Å². The largest absolute Gasteiger partial charge is 0.446 e. The summed E-state index contributed by atoms with van der Waals surface area (Å²) in [7, 11) is 0. The van der Waals surface area contributed by atoms with Crippen LogP contribution >= 0.6 is 39.1 Å². The normalized spacial score (nSPS) is 10.9. The quantitative estimate of drug-likeness (QED) is 0.261. The monoisotopic (exact) mass is 492 g/mol. The van der Waals surface area contributed by atoms with Crippen molar-refractivity contribution in [1.29, 1.82) is 0 Å². The van der Waals surface area contributed by atoms with Gasteiger partial charge in [-0.2, -0.15) is 5.10 Å². The lowest BCUT2D eigenvalue weighted by Crippen LogP contribution is -2.40. The molecular formula is C21H15BrCl2N2O3. The minimum Gasteiger partial charge on any atom is -0.446 e. The molecule has 0 saturated heterocycles. The second-order valence-electron chi connectivity index (χ2n) is 5.76. The van der Waals surface area contributed by atoms with Gasteiger partial charge >= 0.3 is 12.2 Å². The third-order valence-corrected chi connectivity index (χ3v) is 4.56. The number of hydrazone groups is 1. The lowest BCUT2D eigenvalue weighted by molar-refractivity contribution is -0.140. The maximum atomic E-state index is 12.6. The smallest absolute Gasteiger partial charge is 0.323 e. The highest BCUT2D eigenvalue weighted by Gasteiger charge is 2.22. The topological polar surface area (TPSA) is 59.9 Å². The predicted molar refractivity (Wildman–Crippen MR) is 118 cm³/mol. The summed E-state index contributed by atoms with van der Waals surface area (Å²) in [6.45, 7) is 0.